The van der Waals surface area contributed by atoms with Gasteiger partial charge in [-0.05, 0) is 29.3 Å². The first-order valence-corrected chi connectivity index (χ1v) is 18.2. The predicted molar refractivity (Wildman–Crippen MR) is 221 cm³/mol. The van der Waals surface area contributed by atoms with Gasteiger partial charge in [0.15, 0.2) is 23.3 Å². The first kappa shape index (κ1) is 32.1. The molecule has 258 valence electrons. The number of benzene rings is 7. The van der Waals surface area contributed by atoms with Crippen LogP contribution < -0.4 is 0 Å². The van der Waals surface area contributed by atoms with E-state index in [0.29, 0.717) is 23.3 Å². The van der Waals surface area contributed by atoms with Gasteiger partial charge >= 0.3 is 0 Å². The summed E-state index contributed by atoms with van der Waals surface area (Å²) in [6.45, 7) is 0. The minimum Gasteiger partial charge on any atom is -0.455 e. The third-order valence-electron chi connectivity index (χ3n) is 9.78. The SMILES string of the molecule is c1ccc(-c2cc(-c3ccc(-c4ccc(-c5nc(-c6ccccc6)nc(-c6ccccc6)n5)cc4)c4c3oc3ccccc34)nc(-c3ccccc3)n2)cc1. The van der Waals surface area contributed by atoms with E-state index < -0.39 is 0 Å². The zero-order valence-electron chi connectivity index (χ0n) is 29.5. The Morgan fingerprint density at radius 3 is 1.29 bits per heavy atom. The molecule has 0 aliphatic carbocycles. The molecule has 10 rings (SSSR count). The molecule has 0 atom stereocenters. The standard InChI is InChI=1S/C49H31N5O/c1-5-15-33(16-6-1)41-31-42(51-46(50-41)34-17-7-2-8-18-34)39-30-29-38(44-40-23-13-14-24-43(40)55-45(39)44)32-25-27-37(28-26-32)49-53-47(35-19-9-3-10-20-35)52-48(54-49)36-21-11-4-12-22-36/h1-31H. The fraction of sp³-hybridized carbons (Fsp3) is 0. The second kappa shape index (κ2) is 13.8. The van der Waals surface area contributed by atoms with Crippen LogP contribution >= 0.6 is 0 Å². The van der Waals surface area contributed by atoms with Gasteiger partial charge in [0, 0.05) is 44.2 Å². The lowest BCUT2D eigenvalue weighted by molar-refractivity contribution is 0.670. The molecule has 0 N–H and O–H groups in total. The smallest absolute Gasteiger partial charge is 0.164 e. The van der Waals surface area contributed by atoms with Crippen LogP contribution in [0.2, 0.25) is 0 Å². The molecule has 0 bridgehead atoms. The second-order valence-electron chi connectivity index (χ2n) is 13.3. The zero-order valence-corrected chi connectivity index (χ0v) is 29.5. The number of para-hydroxylation sites is 1. The molecule has 55 heavy (non-hydrogen) atoms. The maximum atomic E-state index is 6.71. The number of furan rings is 1. The number of rotatable bonds is 7. The van der Waals surface area contributed by atoms with Crippen LogP contribution in [0.1, 0.15) is 0 Å². The Balaban J connectivity index is 1.11. The van der Waals surface area contributed by atoms with Gasteiger partial charge in [0.2, 0.25) is 0 Å². The van der Waals surface area contributed by atoms with Gasteiger partial charge in [-0.25, -0.2) is 24.9 Å². The van der Waals surface area contributed by atoms with Crippen LogP contribution in [0.15, 0.2) is 192 Å². The van der Waals surface area contributed by atoms with Gasteiger partial charge in [0.05, 0.1) is 11.4 Å². The highest BCUT2D eigenvalue weighted by atomic mass is 16.3. The van der Waals surface area contributed by atoms with Crippen LogP contribution in [0.25, 0.3) is 101 Å². The quantitative estimate of drug-likeness (QED) is 0.164. The van der Waals surface area contributed by atoms with Gasteiger partial charge in [-0.1, -0.05) is 170 Å². The van der Waals surface area contributed by atoms with Crippen molar-refractivity contribution < 1.29 is 4.42 Å². The van der Waals surface area contributed by atoms with Crippen molar-refractivity contribution in [1.82, 2.24) is 24.9 Å². The summed E-state index contributed by atoms with van der Waals surface area (Å²) < 4.78 is 6.71. The minimum atomic E-state index is 0.612. The van der Waals surface area contributed by atoms with Crippen LogP contribution in [-0.2, 0) is 0 Å². The molecule has 0 aliphatic heterocycles. The van der Waals surface area contributed by atoms with Crippen LogP contribution in [0.5, 0.6) is 0 Å². The van der Waals surface area contributed by atoms with Crippen molar-refractivity contribution in [3.05, 3.63) is 188 Å². The summed E-state index contributed by atoms with van der Waals surface area (Å²) in [5.41, 5.74) is 11.0. The van der Waals surface area contributed by atoms with Gasteiger partial charge in [0.1, 0.15) is 11.2 Å². The van der Waals surface area contributed by atoms with E-state index in [0.717, 1.165) is 77.8 Å². The van der Waals surface area contributed by atoms with Crippen molar-refractivity contribution in [2.24, 2.45) is 0 Å². The highest BCUT2D eigenvalue weighted by Gasteiger charge is 2.20. The molecule has 10 aromatic rings. The van der Waals surface area contributed by atoms with E-state index in [1.165, 1.54) is 0 Å². The van der Waals surface area contributed by atoms with Gasteiger partial charge in [-0.15, -0.1) is 0 Å². The summed E-state index contributed by atoms with van der Waals surface area (Å²) in [5.74, 6) is 2.53. The monoisotopic (exact) mass is 705 g/mol. The highest BCUT2D eigenvalue weighted by molar-refractivity contribution is 6.16. The van der Waals surface area contributed by atoms with E-state index in [1.807, 2.05) is 121 Å². The molecular formula is C49H31N5O. The lowest BCUT2D eigenvalue weighted by Crippen LogP contribution is -2.00. The summed E-state index contributed by atoms with van der Waals surface area (Å²) in [7, 11) is 0. The average Bonchev–Trinajstić information content (AvgIpc) is 3.67. The Morgan fingerprint density at radius 1 is 0.309 bits per heavy atom. The van der Waals surface area contributed by atoms with E-state index >= 15 is 0 Å². The molecule has 7 aromatic carbocycles. The summed E-state index contributed by atoms with van der Waals surface area (Å²) in [6.07, 6.45) is 0. The molecule has 0 fully saturated rings. The topological polar surface area (TPSA) is 77.6 Å². The maximum Gasteiger partial charge on any atom is 0.164 e. The molecule has 3 aromatic heterocycles. The molecule has 0 saturated heterocycles. The average molecular weight is 706 g/mol. The van der Waals surface area contributed by atoms with Crippen molar-refractivity contribution >= 4 is 21.9 Å². The minimum absolute atomic E-state index is 0.612. The molecular weight excluding hydrogens is 675 g/mol. The third-order valence-corrected chi connectivity index (χ3v) is 9.78. The van der Waals surface area contributed by atoms with E-state index in [9.17, 15) is 0 Å². The molecule has 0 aliphatic rings. The number of fused-ring (bicyclic) bond motifs is 3. The number of nitrogens with zero attached hydrogens (tertiary/aromatic N) is 5. The van der Waals surface area contributed by atoms with Gasteiger partial charge in [-0.2, -0.15) is 0 Å². The first-order chi connectivity index (χ1) is 27.2. The Bertz CT molecular complexity index is 2830. The van der Waals surface area contributed by atoms with Gasteiger partial charge in [0.25, 0.3) is 0 Å². The third kappa shape index (κ3) is 6.11. The summed E-state index contributed by atoms with van der Waals surface area (Å²) in [4.78, 5) is 24.9. The van der Waals surface area contributed by atoms with E-state index in [-0.39, 0.29) is 0 Å². The molecule has 0 amide bonds. The fourth-order valence-corrected chi connectivity index (χ4v) is 7.07. The fourth-order valence-electron chi connectivity index (χ4n) is 7.07. The molecule has 0 saturated carbocycles. The Kier molecular flexibility index (Phi) is 8.04. The van der Waals surface area contributed by atoms with Crippen molar-refractivity contribution in [2.75, 3.05) is 0 Å². The molecule has 3 heterocycles. The van der Waals surface area contributed by atoms with Crippen molar-refractivity contribution in [3.8, 4) is 79.2 Å². The lowest BCUT2D eigenvalue weighted by atomic mass is 9.95. The van der Waals surface area contributed by atoms with Crippen molar-refractivity contribution in [2.45, 2.75) is 0 Å². The summed E-state index contributed by atoms with van der Waals surface area (Å²) in [5, 5.41) is 2.07. The molecule has 0 radical (unpaired) electrons. The Hall–Kier alpha value is -7.57. The van der Waals surface area contributed by atoms with Crippen LogP contribution in [0.4, 0.5) is 0 Å². The van der Waals surface area contributed by atoms with Crippen LogP contribution in [0.3, 0.4) is 0 Å². The first-order valence-electron chi connectivity index (χ1n) is 18.2. The summed E-state index contributed by atoms with van der Waals surface area (Å²) in [6, 6.07) is 63.4. The Labute approximate surface area is 317 Å². The molecule has 0 unspecified atom stereocenters. The number of hydrogen-bond acceptors (Lipinski definition) is 6. The number of hydrogen-bond donors (Lipinski definition) is 0. The van der Waals surface area contributed by atoms with E-state index in [4.69, 9.17) is 29.3 Å². The van der Waals surface area contributed by atoms with Crippen LogP contribution in [0, 0.1) is 0 Å². The largest absolute Gasteiger partial charge is 0.455 e. The van der Waals surface area contributed by atoms with Crippen molar-refractivity contribution in [1.29, 1.82) is 0 Å². The lowest BCUT2D eigenvalue weighted by Gasteiger charge is -2.12. The second-order valence-corrected chi connectivity index (χ2v) is 13.3. The molecule has 0 spiro atoms. The maximum absolute atomic E-state index is 6.71. The molecule has 6 heteroatoms. The van der Waals surface area contributed by atoms with Gasteiger partial charge in [-0.3, -0.25) is 0 Å². The van der Waals surface area contributed by atoms with Crippen molar-refractivity contribution in [3.63, 3.8) is 0 Å². The Morgan fingerprint density at radius 2 is 0.727 bits per heavy atom. The highest BCUT2D eigenvalue weighted by Crippen LogP contribution is 2.42. The zero-order chi connectivity index (χ0) is 36.6. The summed E-state index contributed by atoms with van der Waals surface area (Å²) >= 11 is 0. The van der Waals surface area contributed by atoms with Crippen LogP contribution in [-0.4, -0.2) is 24.9 Å². The van der Waals surface area contributed by atoms with Gasteiger partial charge < -0.3 is 4.42 Å². The van der Waals surface area contributed by atoms with E-state index in [2.05, 4.69) is 66.7 Å². The molecule has 6 nitrogen and oxygen atoms in total. The normalized spacial score (nSPS) is 11.3. The number of aromatic nitrogens is 5. The predicted octanol–water partition coefficient (Wildman–Crippen LogP) is 12.2. The van der Waals surface area contributed by atoms with E-state index in [1.54, 1.807) is 0 Å².